The molecule has 104 valence electrons. The number of furan rings is 1. The summed E-state index contributed by atoms with van der Waals surface area (Å²) < 4.78 is 7.00. The smallest absolute Gasteiger partial charge is 0.270 e. The van der Waals surface area contributed by atoms with Crippen molar-refractivity contribution in [3.63, 3.8) is 0 Å². The summed E-state index contributed by atoms with van der Waals surface area (Å²) in [6, 6.07) is 9.70. The van der Waals surface area contributed by atoms with Crippen molar-refractivity contribution in [3.8, 4) is 11.3 Å². The number of rotatable bonds is 4. The van der Waals surface area contributed by atoms with Crippen molar-refractivity contribution in [2.75, 3.05) is 0 Å². The first kappa shape index (κ1) is 12.7. The van der Waals surface area contributed by atoms with Crippen LogP contribution in [-0.4, -0.2) is 26.0 Å². The first-order chi connectivity index (χ1) is 10.2. The van der Waals surface area contributed by atoms with E-state index in [1.54, 1.807) is 24.3 Å². The van der Waals surface area contributed by atoms with E-state index in [-0.39, 0.29) is 5.69 Å². The van der Waals surface area contributed by atoms with Crippen LogP contribution in [0.15, 0.2) is 58.6 Å². The van der Waals surface area contributed by atoms with E-state index in [2.05, 4.69) is 15.3 Å². The van der Waals surface area contributed by atoms with Crippen LogP contribution in [0.1, 0.15) is 5.76 Å². The molecule has 0 aliphatic heterocycles. The van der Waals surface area contributed by atoms with Gasteiger partial charge in [-0.15, -0.1) is 10.2 Å². The van der Waals surface area contributed by atoms with Gasteiger partial charge in [-0.05, 0) is 12.1 Å². The number of hydrogen-bond acceptors (Lipinski definition) is 6. The summed E-state index contributed by atoms with van der Waals surface area (Å²) in [4.78, 5) is 10.3. The van der Waals surface area contributed by atoms with Gasteiger partial charge in [0.15, 0.2) is 0 Å². The van der Waals surface area contributed by atoms with E-state index in [1.165, 1.54) is 35.7 Å². The van der Waals surface area contributed by atoms with Crippen LogP contribution in [-0.2, 0) is 0 Å². The normalized spacial score (nSPS) is 11.0. The van der Waals surface area contributed by atoms with Crippen LogP contribution < -0.4 is 0 Å². The third-order valence-electron chi connectivity index (χ3n) is 2.69. The molecule has 0 aliphatic carbocycles. The summed E-state index contributed by atoms with van der Waals surface area (Å²) in [5.41, 5.74) is 0.650. The molecule has 3 rings (SSSR count). The Morgan fingerprint density at radius 1 is 1.24 bits per heavy atom. The molecule has 8 nitrogen and oxygen atoms in total. The standard InChI is InChI=1S/C13H9N5O3/c19-18(20)11-3-1-2-10(6-11)13-5-4-12(21-13)7-16-17-8-14-15-9-17/h1-9H/b16-7+. The average Bonchev–Trinajstić information content (AvgIpc) is 3.17. The number of hydrogen-bond donors (Lipinski definition) is 0. The largest absolute Gasteiger partial charge is 0.455 e. The quantitative estimate of drug-likeness (QED) is 0.415. The highest BCUT2D eigenvalue weighted by molar-refractivity contribution is 5.77. The van der Waals surface area contributed by atoms with Crippen molar-refractivity contribution in [3.05, 3.63) is 64.9 Å². The molecular formula is C13H9N5O3. The molecule has 0 aliphatic rings. The van der Waals surface area contributed by atoms with E-state index in [9.17, 15) is 10.1 Å². The van der Waals surface area contributed by atoms with Crippen LogP contribution in [0.5, 0.6) is 0 Å². The van der Waals surface area contributed by atoms with Crippen LogP contribution in [0, 0.1) is 10.1 Å². The lowest BCUT2D eigenvalue weighted by atomic mass is 10.1. The van der Waals surface area contributed by atoms with Crippen molar-refractivity contribution < 1.29 is 9.34 Å². The molecule has 0 saturated heterocycles. The number of nitro groups is 1. The summed E-state index contributed by atoms with van der Waals surface area (Å²) in [6.45, 7) is 0. The van der Waals surface area contributed by atoms with E-state index in [4.69, 9.17) is 4.42 Å². The highest BCUT2D eigenvalue weighted by Crippen LogP contribution is 2.25. The zero-order chi connectivity index (χ0) is 14.7. The molecule has 0 spiro atoms. The zero-order valence-corrected chi connectivity index (χ0v) is 10.7. The van der Waals surface area contributed by atoms with Gasteiger partial charge in [-0.2, -0.15) is 5.10 Å². The Balaban J connectivity index is 1.84. The first-order valence-electron chi connectivity index (χ1n) is 5.96. The second kappa shape index (κ2) is 5.37. The van der Waals surface area contributed by atoms with Gasteiger partial charge in [-0.1, -0.05) is 12.1 Å². The first-order valence-corrected chi connectivity index (χ1v) is 5.96. The van der Waals surface area contributed by atoms with Crippen LogP contribution in [0.4, 0.5) is 5.69 Å². The lowest BCUT2D eigenvalue weighted by Gasteiger charge is -1.96. The lowest BCUT2D eigenvalue weighted by molar-refractivity contribution is -0.384. The molecule has 0 unspecified atom stereocenters. The van der Waals surface area contributed by atoms with Gasteiger partial charge >= 0.3 is 0 Å². The maximum atomic E-state index is 10.8. The molecule has 0 radical (unpaired) electrons. The van der Waals surface area contributed by atoms with Crippen LogP contribution >= 0.6 is 0 Å². The predicted molar refractivity (Wildman–Crippen MR) is 73.8 cm³/mol. The Labute approximate surface area is 118 Å². The Bertz CT molecular complexity index is 792. The molecule has 0 amide bonds. The third kappa shape index (κ3) is 2.84. The Hall–Kier alpha value is -3.29. The fourth-order valence-electron chi connectivity index (χ4n) is 1.73. The Morgan fingerprint density at radius 3 is 2.81 bits per heavy atom. The molecular weight excluding hydrogens is 274 g/mol. The third-order valence-corrected chi connectivity index (χ3v) is 2.69. The second-order valence-electron chi connectivity index (χ2n) is 4.10. The minimum absolute atomic E-state index is 0.0172. The summed E-state index contributed by atoms with van der Waals surface area (Å²) >= 11 is 0. The molecule has 8 heteroatoms. The fourth-order valence-corrected chi connectivity index (χ4v) is 1.73. The van der Waals surface area contributed by atoms with Crippen molar-refractivity contribution in [1.82, 2.24) is 14.9 Å². The summed E-state index contributed by atoms with van der Waals surface area (Å²) in [5, 5.41) is 22.1. The minimum atomic E-state index is -0.444. The van der Waals surface area contributed by atoms with E-state index < -0.39 is 4.92 Å². The molecule has 2 heterocycles. The summed E-state index contributed by atoms with van der Waals surface area (Å²) in [7, 11) is 0. The Kier molecular flexibility index (Phi) is 3.26. The molecule has 0 atom stereocenters. The van der Waals surface area contributed by atoms with Gasteiger partial charge < -0.3 is 4.42 Å². The zero-order valence-electron chi connectivity index (χ0n) is 10.7. The molecule has 0 N–H and O–H groups in total. The maximum Gasteiger partial charge on any atom is 0.270 e. The molecule has 3 aromatic rings. The summed E-state index contributed by atoms with van der Waals surface area (Å²) in [5.74, 6) is 1.05. The monoisotopic (exact) mass is 283 g/mol. The van der Waals surface area contributed by atoms with Gasteiger partial charge in [0.05, 0.1) is 11.1 Å². The highest BCUT2D eigenvalue weighted by Gasteiger charge is 2.09. The SMILES string of the molecule is O=[N+]([O-])c1cccc(-c2ccc(/C=N/n3cnnc3)o2)c1. The van der Waals surface area contributed by atoms with Gasteiger partial charge in [0.2, 0.25) is 0 Å². The lowest BCUT2D eigenvalue weighted by Crippen LogP contribution is -1.87. The van der Waals surface area contributed by atoms with Gasteiger partial charge in [0, 0.05) is 17.7 Å². The minimum Gasteiger partial charge on any atom is -0.455 e. The number of nitrogens with zero attached hydrogens (tertiary/aromatic N) is 5. The van der Waals surface area contributed by atoms with Crippen LogP contribution in [0.2, 0.25) is 0 Å². The number of aromatic nitrogens is 3. The second-order valence-corrected chi connectivity index (χ2v) is 4.10. The number of nitro benzene ring substituents is 1. The van der Waals surface area contributed by atoms with Crippen molar-refractivity contribution in [2.24, 2.45) is 5.10 Å². The number of benzene rings is 1. The van der Waals surface area contributed by atoms with Crippen LogP contribution in [0.3, 0.4) is 0 Å². The van der Waals surface area contributed by atoms with Crippen molar-refractivity contribution >= 4 is 11.9 Å². The molecule has 21 heavy (non-hydrogen) atoms. The fraction of sp³-hybridized carbons (Fsp3) is 0. The van der Waals surface area contributed by atoms with Crippen molar-refractivity contribution in [1.29, 1.82) is 0 Å². The molecule has 0 bridgehead atoms. The van der Waals surface area contributed by atoms with E-state index in [1.807, 2.05) is 0 Å². The van der Waals surface area contributed by atoms with Gasteiger partial charge in [0.25, 0.3) is 5.69 Å². The van der Waals surface area contributed by atoms with Gasteiger partial charge in [0.1, 0.15) is 24.2 Å². The predicted octanol–water partition coefficient (Wildman–Crippen LogP) is 2.33. The molecule has 0 saturated carbocycles. The van der Waals surface area contributed by atoms with Crippen LogP contribution in [0.25, 0.3) is 11.3 Å². The summed E-state index contributed by atoms with van der Waals surface area (Å²) in [6.07, 6.45) is 4.39. The topological polar surface area (TPSA) is 99.3 Å². The van der Waals surface area contributed by atoms with E-state index in [0.717, 1.165) is 0 Å². The molecule has 1 aromatic carbocycles. The van der Waals surface area contributed by atoms with Gasteiger partial charge in [-0.3, -0.25) is 10.1 Å². The van der Waals surface area contributed by atoms with Gasteiger partial charge in [-0.25, -0.2) is 4.68 Å². The average molecular weight is 283 g/mol. The molecule has 0 fully saturated rings. The van der Waals surface area contributed by atoms with E-state index >= 15 is 0 Å². The van der Waals surface area contributed by atoms with E-state index in [0.29, 0.717) is 17.1 Å². The number of non-ortho nitro benzene ring substituents is 1. The van der Waals surface area contributed by atoms with Crippen molar-refractivity contribution in [2.45, 2.75) is 0 Å². The highest BCUT2D eigenvalue weighted by atomic mass is 16.6. The molecule has 2 aromatic heterocycles. The Morgan fingerprint density at radius 2 is 2.05 bits per heavy atom. The maximum absolute atomic E-state index is 10.8.